The Balaban J connectivity index is 1.28. The fraction of sp³-hybridized carbons (Fsp3) is 0.769. The fourth-order valence-corrected chi connectivity index (χ4v) is 6.94. The summed E-state index contributed by atoms with van der Waals surface area (Å²) >= 11 is 0. The van der Waals surface area contributed by atoms with Crippen LogP contribution in [0.2, 0.25) is 0 Å². The largest absolute Gasteiger partial charge is 0.204 e. The van der Waals surface area contributed by atoms with Crippen LogP contribution in [0.25, 0.3) is 0 Å². The Bertz CT molecular complexity index is 654. The predicted octanol–water partition coefficient (Wildman–Crippen LogP) is 8.40. The van der Waals surface area contributed by atoms with Crippen molar-refractivity contribution in [3.8, 4) is 0 Å². The molecule has 162 valence electrons. The third-order valence-electron chi connectivity index (χ3n) is 8.64. The number of benzene rings is 1. The molecule has 3 aliphatic rings. The lowest BCUT2D eigenvalue weighted by atomic mass is 9.60. The second-order valence-electron chi connectivity index (χ2n) is 10.3. The van der Waals surface area contributed by atoms with Gasteiger partial charge in [-0.1, -0.05) is 32.6 Å². The maximum atomic E-state index is 13.6. The van der Waals surface area contributed by atoms with Gasteiger partial charge in [-0.05, 0) is 111 Å². The van der Waals surface area contributed by atoms with Gasteiger partial charge in [0.15, 0.2) is 17.5 Å². The van der Waals surface area contributed by atoms with Crippen molar-refractivity contribution in [1.29, 1.82) is 0 Å². The van der Waals surface area contributed by atoms with Crippen molar-refractivity contribution >= 4 is 0 Å². The standard InChI is InChI=1S/C26H37F3/c1-2-3-4-17-5-6-22-14-21(12-11-20(22)13-17)18-7-9-19(10-8-18)23-15-24(27)26(29)25(28)16-23/h15-22H,2-14H2,1H3. The molecule has 0 nitrogen and oxygen atoms in total. The fourth-order valence-electron chi connectivity index (χ4n) is 6.94. The molecule has 3 fully saturated rings. The summed E-state index contributed by atoms with van der Waals surface area (Å²) in [6, 6.07) is 2.43. The first-order chi connectivity index (χ1) is 14.0. The van der Waals surface area contributed by atoms with Crippen LogP contribution >= 0.6 is 0 Å². The smallest absolute Gasteiger partial charge is 0.194 e. The number of hydrogen-bond donors (Lipinski definition) is 0. The third-order valence-corrected chi connectivity index (χ3v) is 8.64. The molecule has 4 unspecified atom stereocenters. The Hall–Kier alpha value is -0.990. The molecule has 0 saturated heterocycles. The van der Waals surface area contributed by atoms with Crippen molar-refractivity contribution in [3.63, 3.8) is 0 Å². The second-order valence-corrected chi connectivity index (χ2v) is 10.3. The number of unbranched alkanes of at least 4 members (excludes halogenated alkanes) is 1. The topological polar surface area (TPSA) is 0 Å². The minimum atomic E-state index is -1.34. The van der Waals surface area contributed by atoms with Crippen LogP contribution in [0, 0.1) is 47.0 Å². The lowest BCUT2D eigenvalue weighted by molar-refractivity contribution is 0.0614. The van der Waals surface area contributed by atoms with Crippen molar-refractivity contribution in [2.75, 3.05) is 0 Å². The van der Waals surface area contributed by atoms with Crippen LogP contribution in [0.5, 0.6) is 0 Å². The summed E-state index contributed by atoms with van der Waals surface area (Å²) in [6.45, 7) is 2.30. The molecule has 1 aromatic rings. The minimum Gasteiger partial charge on any atom is -0.204 e. The van der Waals surface area contributed by atoms with Gasteiger partial charge in [0.25, 0.3) is 0 Å². The van der Waals surface area contributed by atoms with Gasteiger partial charge in [0.05, 0.1) is 0 Å². The summed E-state index contributed by atoms with van der Waals surface area (Å²) in [6.07, 6.45) is 17.0. The summed E-state index contributed by atoms with van der Waals surface area (Å²) in [4.78, 5) is 0. The van der Waals surface area contributed by atoms with Gasteiger partial charge in [-0.25, -0.2) is 13.2 Å². The first-order valence-electron chi connectivity index (χ1n) is 12.2. The first kappa shape index (κ1) is 21.2. The Kier molecular flexibility index (Phi) is 6.91. The van der Waals surface area contributed by atoms with Gasteiger partial charge in [0.1, 0.15) is 0 Å². The molecular weight excluding hydrogens is 369 g/mol. The molecule has 3 heteroatoms. The van der Waals surface area contributed by atoms with E-state index in [1.807, 2.05) is 0 Å². The molecule has 4 atom stereocenters. The molecule has 0 spiro atoms. The van der Waals surface area contributed by atoms with Crippen LogP contribution in [-0.4, -0.2) is 0 Å². The molecule has 1 aromatic carbocycles. The van der Waals surface area contributed by atoms with E-state index in [2.05, 4.69) is 6.92 Å². The Labute approximate surface area is 174 Å². The molecule has 29 heavy (non-hydrogen) atoms. The maximum absolute atomic E-state index is 13.6. The quantitative estimate of drug-likeness (QED) is 0.431. The van der Waals surface area contributed by atoms with Gasteiger partial charge in [0.2, 0.25) is 0 Å². The predicted molar refractivity (Wildman–Crippen MR) is 112 cm³/mol. The van der Waals surface area contributed by atoms with E-state index < -0.39 is 17.5 Å². The average Bonchev–Trinajstić information content (AvgIpc) is 2.75. The first-order valence-corrected chi connectivity index (χ1v) is 12.2. The summed E-state index contributed by atoms with van der Waals surface area (Å²) in [7, 11) is 0. The second kappa shape index (κ2) is 9.43. The zero-order chi connectivity index (χ0) is 20.4. The molecule has 0 bridgehead atoms. The van der Waals surface area contributed by atoms with Crippen molar-refractivity contribution in [1.82, 2.24) is 0 Å². The highest BCUT2D eigenvalue weighted by atomic mass is 19.2. The van der Waals surface area contributed by atoms with Crippen LogP contribution in [0.4, 0.5) is 13.2 Å². The molecule has 0 heterocycles. The maximum Gasteiger partial charge on any atom is 0.194 e. The number of hydrogen-bond acceptors (Lipinski definition) is 0. The van der Waals surface area contributed by atoms with Gasteiger partial charge in [-0.3, -0.25) is 0 Å². The Morgan fingerprint density at radius 2 is 1.28 bits per heavy atom. The summed E-state index contributed by atoms with van der Waals surface area (Å²) in [5, 5.41) is 0. The van der Waals surface area contributed by atoms with Gasteiger partial charge in [-0.2, -0.15) is 0 Å². The monoisotopic (exact) mass is 406 g/mol. The van der Waals surface area contributed by atoms with E-state index in [0.29, 0.717) is 5.56 Å². The molecule has 0 radical (unpaired) electrons. The van der Waals surface area contributed by atoms with E-state index in [1.165, 1.54) is 69.9 Å². The van der Waals surface area contributed by atoms with E-state index in [9.17, 15) is 13.2 Å². The van der Waals surface area contributed by atoms with E-state index in [-0.39, 0.29) is 5.92 Å². The van der Waals surface area contributed by atoms with Crippen molar-refractivity contribution in [2.24, 2.45) is 29.6 Å². The number of fused-ring (bicyclic) bond motifs is 1. The average molecular weight is 407 g/mol. The zero-order valence-electron chi connectivity index (χ0n) is 17.9. The molecule has 4 rings (SSSR count). The van der Waals surface area contributed by atoms with Gasteiger partial charge in [0, 0.05) is 0 Å². The van der Waals surface area contributed by atoms with E-state index in [0.717, 1.165) is 55.3 Å². The molecule has 3 saturated carbocycles. The highest BCUT2D eigenvalue weighted by Crippen LogP contribution is 2.50. The van der Waals surface area contributed by atoms with Crippen LogP contribution < -0.4 is 0 Å². The van der Waals surface area contributed by atoms with Gasteiger partial charge in [-0.15, -0.1) is 0 Å². The van der Waals surface area contributed by atoms with Crippen molar-refractivity contribution in [2.45, 2.75) is 96.3 Å². The normalized spacial score (nSPS) is 35.3. The molecule has 0 aromatic heterocycles. The Morgan fingerprint density at radius 3 is 1.93 bits per heavy atom. The summed E-state index contributed by atoms with van der Waals surface area (Å²) in [5.41, 5.74) is 0.647. The lowest BCUT2D eigenvalue weighted by Crippen LogP contribution is -2.34. The molecule has 0 aliphatic heterocycles. The summed E-state index contributed by atoms with van der Waals surface area (Å²) < 4.78 is 40.5. The minimum absolute atomic E-state index is 0.182. The number of halogens is 3. The van der Waals surface area contributed by atoms with E-state index >= 15 is 0 Å². The van der Waals surface area contributed by atoms with Crippen LogP contribution in [0.1, 0.15) is 102 Å². The van der Waals surface area contributed by atoms with Crippen LogP contribution in [0.15, 0.2) is 12.1 Å². The molecule has 0 amide bonds. The highest BCUT2D eigenvalue weighted by Gasteiger charge is 2.38. The van der Waals surface area contributed by atoms with Crippen LogP contribution in [0.3, 0.4) is 0 Å². The Morgan fingerprint density at radius 1 is 0.724 bits per heavy atom. The van der Waals surface area contributed by atoms with E-state index in [4.69, 9.17) is 0 Å². The zero-order valence-corrected chi connectivity index (χ0v) is 17.9. The van der Waals surface area contributed by atoms with Crippen molar-refractivity contribution < 1.29 is 13.2 Å². The van der Waals surface area contributed by atoms with Gasteiger partial charge < -0.3 is 0 Å². The molecule has 3 aliphatic carbocycles. The lowest BCUT2D eigenvalue weighted by Gasteiger charge is -2.45. The van der Waals surface area contributed by atoms with E-state index in [1.54, 1.807) is 0 Å². The molecular formula is C26H37F3. The SMILES string of the molecule is CCCCC1CCC2CC(C3CCC(c4cc(F)c(F)c(F)c4)CC3)CCC2C1. The summed E-state index contributed by atoms with van der Waals surface area (Å²) in [5.74, 6) is 1.29. The third kappa shape index (κ3) is 4.85. The highest BCUT2D eigenvalue weighted by molar-refractivity contribution is 5.23. The van der Waals surface area contributed by atoms with Crippen molar-refractivity contribution in [3.05, 3.63) is 35.1 Å². The van der Waals surface area contributed by atoms with Crippen LogP contribution in [-0.2, 0) is 0 Å². The number of rotatable bonds is 5. The molecule has 0 N–H and O–H groups in total. The van der Waals surface area contributed by atoms with Gasteiger partial charge >= 0.3 is 0 Å².